The highest BCUT2D eigenvalue weighted by Crippen LogP contribution is 2.03. The van der Waals surface area contributed by atoms with Gasteiger partial charge in [-0.1, -0.05) is 0 Å². The first-order valence-electron chi connectivity index (χ1n) is 1.75. The summed E-state index contributed by atoms with van der Waals surface area (Å²) >= 11 is 0. The summed E-state index contributed by atoms with van der Waals surface area (Å²) in [6.45, 7) is 0. The summed E-state index contributed by atoms with van der Waals surface area (Å²) in [5.41, 5.74) is 0.333. The molecule has 4 nitrogen and oxygen atoms in total. The molecule has 0 radical (unpaired) electrons. The zero-order valence-electron chi connectivity index (χ0n) is 3.46. The predicted octanol–water partition coefficient (Wildman–Crippen LogP) is 0.808. The Hall–Kier alpha value is -1.19. The maximum atomic E-state index is 9.56. The summed E-state index contributed by atoms with van der Waals surface area (Å²) in [5.74, 6) is 0. The Morgan fingerprint density at radius 3 is 3.00 bits per heavy atom. The van der Waals surface area contributed by atoms with Crippen molar-refractivity contribution in [3.05, 3.63) is 17.3 Å². The molecule has 1 aromatic heterocycles. The van der Waals surface area contributed by atoms with Gasteiger partial charge < -0.3 is 0 Å². The van der Waals surface area contributed by atoms with Crippen molar-refractivity contribution in [1.29, 1.82) is 0 Å². The third-order valence-corrected chi connectivity index (χ3v) is 0.589. The van der Waals surface area contributed by atoms with Crippen molar-refractivity contribution in [2.75, 3.05) is 0 Å². The second-order valence-corrected chi connectivity index (χ2v) is 1.05. The lowest BCUT2D eigenvalue weighted by Crippen LogP contribution is -1.53. The van der Waals surface area contributed by atoms with Crippen LogP contribution in [0.25, 0.3) is 0 Å². The van der Waals surface area contributed by atoms with Crippen LogP contribution in [0.2, 0.25) is 0 Å². The molecule has 0 aliphatic carbocycles. The number of aromatic amines is 1. The van der Waals surface area contributed by atoms with Crippen molar-refractivity contribution in [3.8, 4) is 0 Å². The maximum absolute atomic E-state index is 9.56. The molecule has 1 N–H and O–H groups in total. The van der Waals surface area contributed by atoms with Crippen molar-refractivity contribution >= 4 is 5.69 Å². The van der Waals surface area contributed by atoms with E-state index in [1.807, 2.05) is 0 Å². The maximum Gasteiger partial charge on any atom is 0.145 e. The van der Waals surface area contributed by atoms with E-state index in [0.717, 1.165) is 0 Å². The Bertz CT molecular complexity index is 145. The molecule has 0 spiro atoms. The molecule has 0 aromatic carbocycles. The molecule has 1 aromatic rings. The Balaban J connectivity index is 2.96. The number of hydrogen-bond donors (Lipinski definition) is 1. The van der Waals surface area contributed by atoms with Gasteiger partial charge in [-0.3, -0.25) is 5.10 Å². The first-order chi connectivity index (χ1) is 3.43. The number of hydrogen-bond acceptors (Lipinski definition) is 3. The van der Waals surface area contributed by atoms with Gasteiger partial charge in [0.25, 0.3) is 0 Å². The van der Waals surface area contributed by atoms with Crippen molar-refractivity contribution in [1.82, 2.24) is 10.2 Å². The quantitative estimate of drug-likeness (QED) is 0.527. The normalized spacial score (nSPS) is 8.57. The van der Waals surface area contributed by atoms with Crippen LogP contribution in [0.5, 0.6) is 0 Å². The van der Waals surface area contributed by atoms with Crippen molar-refractivity contribution in [2.45, 2.75) is 0 Å². The molecule has 0 saturated heterocycles. The molecule has 1 heterocycles. The molecule has 1 rings (SSSR count). The third-order valence-electron chi connectivity index (χ3n) is 0.589. The van der Waals surface area contributed by atoms with Crippen LogP contribution in [0.4, 0.5) is 5.69 Å². The van der Waals surface area contributed by atoms with E-state index in [2.05, 4.69) is 15.4 Å². The number of nitrogens with one attached hydrogen (secondary N) is 1. The second kappa shape index (κ2) is 1.51. The van der Waals surface area contributed by atoms with Crippen molar-refractivity contribution < 1.29 is 0 Å². The summed E-state index contributed by atoms with van der Waals surface area (Å²) in [4.78, 5) is 9.56. The Morgan fingerprint density at radius 2 is 2.71 bits per heavy atom. The van der Waals surface area contributed by atoms with E-state index in [1.165, 1.54) is 12.4 Å². The molecule has 0 fully saturated rings. The fourth-order valence-electron chi connectivity index (χ4n) is 0.294. The average molecular weight is 97.1 g/mol. The lowest BCUT2D eigenvalue weighted by molar-refractivity contribution is 1.09. The van der Waals surface area contributed by atoms with Gasteiger partial charge in [0.2, 0.25) is 0 Å². The van der Waals surface area contributed by atoms with Crippen LogP contribution < -0.4 is 0 Å². The van der Waals surface area contributed by atoms with E-state index in [4.69, 9.17) is 0 Å². The fourth-order valence-corrected chi connectivity index (χ4v) is 0.294. The molecule has 0 aliphatic heterocycles. The second-order valence-electron chi connectivity index (χ2n) is 1.05. The van der Waals surface area contributed by atoms with Gasteiger partial charge in [-0.25, -0.2) is 0 Å². The smallest absolute Gasteiger partial charge is 0.145 e. The van der Waals surface area contributed by atoms with Gasteiger partial charge in [0.05, 0.1) is 12.4 Å². The van der Waals surface area contributed by atoms with Crippen LogP contribution >= 0.6 is 0 Å². The molecule has 0 amide bonds. The van der Waals surface area contributed by atoms with E-state index in [-0.39, 0.29) is 0 Å². The number of rotatable bonds is 1. The highest BCUT2D eigenvalue weighted by Gasteiger charge is 1.84. The summed E-state index contributed by atoms with van der Waals surface area (Å²) in [6.07, 6.45) is 2.78. The minimum Gasteiger partial charge on any atom is -0.283 e. The van der Waals surface area contributed by atoms with E-state index in [9.17, 15) is 4.91 Å². The molecular weight excluding hydrogens is 94.1 g/mol. The first-order valence-corrected chi connectivity index (χ1v) is 1.75. The standard InChI is InChI=1S/C3H3N3O/c7-6-3-1-4-5-2-3/h1-2H,(H,4,5). The van der Waals surface area contributed by atoms with Gasteiger partial charge in [-0.2, -0.15) is 5.10 Å². The largest absolute Gasteiger partial charge is 0.283 e. The molecular formula is C3H3N3O. The van der Waals surface area contributed by atoms with Gasteiger partial charge in [0.1, 0.15) is 5.69 Å². The summed E-state index contributed by atoms with van der Waals surface area (Å²) in [5, 5.41) is 8.50. The van der Waals surface area contributed by atoms with Crippen LogP contribution in [-0.4, -0.2) is 10.2 Å². The molecule has 36 valence electrons. The summed E-state index contributed by atoms with van der Waals surface area (Å²) in [7, 11) is 0. The van der Waals surface area contributed by atoms with Gasteiger partial charge in [-0.05, 0) is 5.18 Å². The first kappa shape index (κ1) is 3.98. The van der Waals surface area contributed by atoms with Gasteiger partial charge in [0, 0.05) is 0 Å². The monoisotopic (exact) mass is 97.0 g/mol. The topological polar surface area (TPSA) is 58.1 Å². The minimum absolute atomic E-state index is 0.333. The number of nitroso groups, excluding NO2 is 1. The molecule has 0 bridgehead atoms. The lowest BCUT2D eigenvalue weighted by Gasteiger charge is -1.62. The molecule has 0 atom stereocenters. The van der Waals surface area contributed by atoms with Gasteiger partial charge >= 0.3 is 0 Å². The summed E-state index contributed by atoms with van der Waals surface area (Å²) < 4.78 is 0. The zero-order chi connectivity index (χ0) is 5.11. The Labute approximate surface area is 39.5 Å². The van der Waals surface area contributed by atoms with Crippen LogP contribution in [-0.2, 0) is 0 Å². The SMILES string of the molecule is O=Nc1cn[nH]c1. The third kappa shape index (κ3) is 0.623. The Morgan fingerprint density at radius 1 is 1.86 bits per heavy atom. The van der Waals surface area contributed by atoms with Gasteiger partial charge in [0.15, 0.2) is 0 Å². The highest BCUT2D eigenvalue weighted by atomic mass is 16.3. The van der Waals surface area contributed by atoms with Crippen molar-refractivity contribution in [2.24, 2.45) is 5.18 Å². The van der Waals surface area contributed by atoms with E-state index < -0.39 is 0 Å². The van der Waals surface area contributed by atoms with E-state index in [0.29, 0.717) is 5.69 Å². The summed E-state index contributed by atoms with van der Waals surface area (Å²) in [6, 6.07) is 0. The van der Waals surface area contributed by atoms with Gasteiger partial charge in [-0.15, -0.1) is 4.91 Å². The van der Waals surface area contributed by atoms with Crippen LogP contribution in [0, 0.1) is 4.91 Å². The molecule has 7 heavy (non-hydrogen) atoms. The molecule has 0 unspecified atom stereocenters. The molecule has 4 heteroatoms. The highest BCUT2D eigenvalue weighted by molar-refractivity contribution is 5.28. The predicted molar refractivity (Wildman–Crippen MR) is 24.0 cm³/mol. The zero-order valence-corrected chi connectivity index (χ0v) is 3.46. The Kier molecular flexibility index (Phi) is 0.856. The van der Waals surface area contributed by atoms with Crippen LogP contribution in [0.3, 0.4) is 0 Å². The van der Waals surface area contributed by atoms with E-state index >= 15 is 0 Å². The lowest BCUT2D eigenvalue weighted by atomic mass is 10.6. The number of nitrogens with zero attached hydrogens (tertiary/aromatic N) is 2. The van der Waals surface area contributed by atoms with E-state index in [1.54, 1.807) is 0 Å². The number of aromatic nitrogens is 2. The van der Waals surface area contributed by atoms with Crippen LogP contribution in [0.1, 0.15) is 0 Å². The minimum atomic E-state index is 0.333. The molecule has 0 aliphatic rings. The average Bonchev–Trinajstić information content (AvgIpc) is 2.14. The number of H-pyrrole nitrogens is 1. The fraction of sp³-hybridized carbons (Fsp3) is 0. The van der Waals surface area contributed by atoms with Crippen molar-refractivity contribution in [3.63, 3.8) is 0 Å². The van der Waals surface area contributed by atoms with Crippen LogP contribution in [0.15, 0.2) is 17.6 Å². The molecule has 0 saturated carbocycles.